The third-order valence-electron chi connectivity index (χ3n) is 5.31. The standard InChI is InChI=1S/C20H18FNO3/c1-13(23)22-10-8-20(9-11-22)16-4-2-3-5-18(16)25-17-7-6-14(21)12-15(17)19(20)24/h2-7,12H,8-11H2,1H3. The number of fused-ring (bicyclic) bond motifs is 3. The minimum absolute atomic E-state index is 0.00639. The van der Waals surface area contributed by atoms with E-state index in [1.54, 1.807) is 4.90 Å². The zero-order chi connectivity index (χ0) is 17.6. The third kappa shape index (κ3) is 2.42. The van der Waals surface area contributed by atoms with Crippen LogP contribution in [0.1, 0.15) is 35.7 Å². The lowest BCUT2D eigenvalue weighted by Crippen LogP contribution is -2.48. The number of ketones is 1. The Morgan fingerprint density at radius 2 is 1.84 bits per heavy atom. The molecule has 0 unspecified atom stereocenters. The molecule has 25 heavy (non-hydrogen) atoms. The molecule has 1 fully saturated rings. The largest absolute Gasteiger partial charge is 0.456 e. The fourth-order valence-corrected chi connectivity index (χ4v) is 3.92. The van der Waals surface area contributed by atoms with Crippen molar-refractivity contribution < 1.29 is 18.7 Å². The molecule has 0 aromatic heterocycles. The van der Waals surface area contributed by atoms with Crippen LogP contribution in [0, 0.1) is 5.82 Å². The van der Waals surface area contributed by atoms with E-state index in [2.05, 4.69) is 0 Å². The molecule has 128 valence electrons. The average Bonchev–Trinajstić information content (AvgIpc) is 2.71. The van der Waals surface area contributed by atoms with Gasteiger partial charge in [0.1, 0.15) is 17.3 Å². The number of halogens is 1. The van der Waals surface area contributed by atoms with Crippen molar-refractivity contribution in [1.29, 1.82) is 0 Å². The van der Waals surface area contributed by atoms with Gasteiger partial charge in [-0.15, -0.1) is 0 Å². The van der Waals surface area contributed by atoms with E-state index >= 15 is 0 Å². The first kappa shape index (κ1) is 15.8. The number of nitrogens with zero attached hydrogens (tertiary/aromatic N) is 1. The minimum atomic E-state index is -0.790. The predicted octanol–water partition coefficient (Wildman–Crippen LogP) is 3.69. The highest BCUT2D eigenvalue weighted by Crippen LogP contribution is 2.48. The first-order chi connectivity index (χ1) is 12.0. The smallest absolute Gasteiger partial charge is 0.219 e. The maximum absolute atomic E-state index is 13.8. The third-order valence-corrected chi connectivity index (χ3v) is 5.31. The molecule has 0 N–H and O–H groups in total. The van der Waals surface area contributed by atoms with E-state index in [0.717, 1.165) is 5.56 Å². The molecule has 2 aromatic carbocycles. The number of piperidine rings is 1. The van der Waals surface area contributed by atoms with Crippen molar-refractivity contribution in [3.8, 4) is 11.5 Å². The molecule has 2 heterocycles. The van der Waals surface area contributed by atoms with Crippen molar-refractivity contribution in [2.75, 3.05) is 13.1 Å². The first-order valence-corrected chi connectivity index (χ1v) is 8.38. The van der Waals surface area contributed by atoms with Crippen LogP contribution in [0.15, 0.2) is 42.5 Å². The number of para-hydroxylation sites is 1. The second-order valence-electron chi connectivity index (χ2n) is 6.66. The van der Waals surface area contributed by atoms with E-state index in [1.165, 1.54) is 25.1 Å². The van der Waals surface area contributed by atoms with Crippen molar-refractivity contribution in [3.05, 3.63) is 59.4 Å². The highest BCUT2D eigenvalue weighted by atomic mass is 19.1. The van der Waals surface area contributed by atoms with Crippen molar-refractivity contribution in [3.63, 3.8) is 0 Å². The highest BCUT2D eigenvalue weighted by molar-refractivity contribution is 6.07. The summed E-state index contributed by atoms with van der Waals surface area (Å²) >= 11 is 0. The lowest BCUT2D eigenvalue weighted by Gasteiger charge is -2.40. The number of benzene rings is 2. The molecule has 2 aromatic rings. The number of likely N-dealkylation sites (tertiary alicyclic amines) is 1. The van der Waals surface area contributed by atoms with Crippen LogP contribution in [0.2, 0.25) is 0 Å². The van der Waals surface area contributed by atoms with Gasteiger partial charge in [-0.2, -0.15) is 0 Å². The summed E-state index contributed by atoms with van der Waals surface area (Å²) in [6, 6.07) is 11.5. The summed E-state index contributed by atoms with van der Waals surface area (Å²) in [4.78, 5) is 26.9. The maximum atomic E-state index is 13.8. The normalized spacial score (nSPS) is 18.2. The molecule has 4 rings (SSSR count). The van der Waals surface area contributed by atoms with Gasteiger partial charge in [0.05, 0.1) is 11.0 Å². The van der Waals surface area contributed by atoms with Crippen molar-refractivity contribution in [2.24, 2.45) is 0 Å². The molecule has 0 bridgehead atoms. The molecule has 4 nitrogen and oxygen atoms in total. The number of Topliss-reactive ketones (excluding diaryl/α,β-unsaturated/α-hetero) is 1. The van der Waals surface area contributed by atoms with Gasteiger partial charge in [0.25, 0.3) is 0 Å². The van der Waals surface area contributed by atoms with Crippen molar-refractivity contribution in [1.82, 2.24) is 4.90 Å². The van der Waals surface area contributed by atoms with Crippen molar-refractivity contribution >= 4 is 11.7 Å². The molecule has 1 amide bonds. The fourth-order valence-electron chi connectivity index (χ4n) is 3.92. The number of hydrogen-bond donors (Lipinski definition) is 0. The minimum Gasteiger partial charge on any atom is -0.456 e. The molecule has 0 atom stereocenters. The van der Waals surface area contributed by atoms with Crippen molar-refractivity contribution in [2.45, 2.75) is 25.2 Å². The number of rotatable bonds is 0. The Balaban J connectivity index is 1.87. The van der Waals surface area contributed by atoms with Crippen LogP contribution in [0.3, 0.4) is 0 Å². The Labute approximate surface area is 145 Å². The number of carbonyl (C=O) groups excluding carboxylic acids is 2. The molecule has 0 aliphatic carbocycles. The molecular weight excluding hydrogens is 321 g/mol. The van der Waals surface area contributed by atoms with E-state index in [-0.39, 0.29) is 17.3 Å². The molecule has 1 saturated heterocycles. The molecule has 1 spiro atoms. The highest BCUT2D eigenvalue weighted by Gasteiger charge is 2.47. The van der Waals surface area contributed by atoms with Gasteiger partial charge in [0.15, 0.2) is 5.78 Å². The second kappa shape index (κ2) is 5.69. The number of amides is 1. The summed E-state index contributed by atoms with van der Waals surface area (Å²) in [6.45, 7) is 2.54. The monoisotopic (exact) mass is 339 g/mol. The topological polar surface area (TPSA) is 46.6 Å². The molecule has 0 saturated carbocycles. The Morgan fingerprint density at radius 3 is 2.56 bits per heavy atom. The Kier molecular flexibility index (Phi) is 3.60. The Morgan fingerprint density at radius 1 is 1.12 bits per heavy atom. The predicted molar refractivity (Wildman–Crippen MR) is 90.4 cm³/mol. The van der Waals surface area contributed by atoms with Crippen LogP contribution < -0.4 is 4.74 Å². The Hall–Kier alpha value is -2.69. The van der Waals surface area contributed by atoms with Gasteiger partial charge in [-0.05, 0) is 37.1 Å². The van der Waals surface area contributed by atoms with E-state index in [4.69, 9.17) is 4.74 Å². The summed E-state index contributed by atoms with van der Waals surface area (Å²) < 4.78 is 19.8. The molecular formula is C20H18FNO3. The van der Waals surface area contributed by atoms with Gasteiger partial charge in [-0.25, -0.2) is 4.39 Å². The summed E-state index contributed by atoms with van der Waals surface area (Å²) in [5, 5.41) is 0. The van der Waals surface area contributed by atoms with Crippen LogP contribution >= 0.6 is 0 Å². The number of carbonyl (C=O) groups is 2. The fraction of sp³-hybridized carbons (Fsp3) is 0.300. The zero-order valence-electron chi connectivity index (χ0n) is 13.9. The van der Waals surface area contributed by atoms with Gasteiger partial charge in [0, 0.05) is 25.6 Å². The molecule has 2 aliphatic rings. The zero-order valence-corrected chi connectivity index (χ0v) is 13.9. The summed E-state index contributed by atoms with van der Waals surface area (Å²) in [6.07, 6.45) is 1.00. The van der Waals surface area contributed by atoms with Gasteiger partial charge in [-0.1, -0.05) is 18.2 Å². The molecule has 5 heteroatoms. The van der Waals surface area contributed by atoms with Crippen LogP contribution in [0.5, 0.6) is 11.5 Å². The number of hydrogen-bond acceptors (Lipinski definition) is 3. The lowest BCUT2D eigenvalue weighted by molar-refractivity contribution is -0.130. The van der Waals surface area contributed by atoms with E-state index in [1.807, 2.05) is 24.3 Å². The van der Waals surface area contributed by atoms with Crippen LogP contribution in [0.4, 0.5) is 4.39 Å². The van der Waals surface area contributed by atoms with Gasteiger partial charge in [-0.3, -0.25) is 9.59 Å². The number of ether oxygens (including phenoxy) is 1. The van der Waals surface area contributed by atoms with Gasteiger partial charge >= 0.3 is 0 Å². The van der Waals surface area contributed by atoms with Crippen LogP contribution in [0.25, 0.3) is 0 Å². The van der Waals surface area contributed by atoms with Gasteiger partial charge < -0.3 is 9.64 Å². The van der Waals surface area contributed by atoms with E-state index < -0.39 is 11.2 Å². The van der Waals surface area contributed by atoms with Crippen LogP contribution in [-0.2, 0) is 10.2 Å². The lowest BCUT2D eigenvalue weighted by atomic mass is 9.68. The second-order valence-corrected chi connectivity index (χ2v) is 6.66. The van der Waals surface area contributed by atoms with E-state index in [0.29, 0.717) is 37.4 Å². The molecule has 2 aliphatic heterocycles. The van der Waals surface area contributed by atoms with E-state index in [9.17, 15) is 14.0 Å². The van der Waals surface area contributed by atoms with Crippen LogP contribution in [-0.4, -0.2) is 29.7 Å². The maximum Gasteiger partial charge on any atom is 0.219 e. The average molecular weight is 339 g/mol. The summed E-state index contributed by atoms with van der Waals surface area (Å²) in [5.41, 5.74) is 0.300. The first-order valence-electron chi connectivity index (χ1n) is 8.38. The molecule has 0 radical (unpaired) electrons. The van der Waals surface area contributed by atoms with Gasteiger partial charge in [0.2, 0.25) is 5.91 Å². The summed E-state index contributed by atoms with van der Waals surface area (Å²) in [7, 11) is 0. The Bertz CT molecular complexity index is 869. The SMILES string of the molecule is CC(=O)N1CCC2(CC1)C(=O)c1cc(F)ccc1Oc1ccccc12. The quantitative estimate of drug-likeness (QED) is 0.735. The summed E-state index contributed by atoms with van der Waals surface area (Å²) in [5.74, 6) is 0.419.